The molecule has 0 fully saturated rings. The van der Waals surface area contributed by atoms with E-state index in [1.54, 1.807) is 0 Å². The van der Waals surface area contributed by atoms with Crippen LogP contribution in [0.2, 0.25) is 0 Å². The Labute approximate surface area is 107 Å². The van der Waals surface area contributed by atoms with Gasteiger partial charge in [-0.05, 0) is 37.8 Å². The third-order valence-electron chi connectivity index (χ3n) is 5.35. The van der Waals surface area contributed by atoms with Gasteiger partial charge in [0, 0.05) is 31.4 Å². The molecule has 1 heterocycles. The number of hydrogen-bond donors (Lipinski definition) is 0. The Morgan fingerprint density at radius 2 is 1.40 bits per heavy atom. The van der Waals surface area contributed by atoms with Crippen LogP contribution in [0.1, 0.15) is 48.5 Å². The molecule has 2 heteroatoms. The van der Waals surface area contributed by atoms with Gasteiger partial charge in [0.25, 0.3) is 0 Å². The van der Waals surface area contributed by atoms with Gasteiger partial charge in [-0.1, -0.05) is 33.3 Å². The van der Waals surface area contributed by atoms with Gasteiger partial charge in [-0.3, -0.25) is 0 Å². The maximum atomic E-state index is 2.38. The third kappa shape index (κ3) is 1.79. The Bertz CT molecular complexity index is 274. The zero-order chi connectivity index (χ0) is 11.4. The van der Waals surface area contributed by atoms with Crippen molar-refractivity contribution in [2.75, 3.05) is 7.05 Å². The fourth-order valence-corrected chi connectivity index (χ4v) is 2.31. The van der Waals surface area contributed by atoms with Gasteiger partial charge >= 0.3 is 0 Å². The summed E-state index contributed by atoms with van der Waals surface area (Å²) in [4.78, 5) is 2.35. The average molecular weight is 202 g/mol. The van der Waals surface area contributed by atoms with Crippen LogP contribution in [0, 0.1) is 10.8 Å². The van der Waals surface area contributed by atoms with Crippen LogP contribution in [0.4, 0.5) is 0 Å². The van der Waals surface area contributed by atoms with Crippen LogP contribution >= 0.6 is 0 Å². The molecule has 0 aromatic rings. The van der Waals surface area contributed by atoms with Gasteiger partial charge in [0.15, 0.2) is 0 Å². The fourth-order valence-electron chi connectivity index (χ4n) is 2.31. The Morgan fingerprint density at radius 1 is 1.00 bits per heavy atom. The predicted octanol–water partition coefficient (Wildman–Crippen LogP) is 3.29. The zero-order valence-corrected chi connectivity index (χ0v) is 12.0. The first-order valence-electron chi connectivity index (χ1n) is 5.47. The molecule has 83 valence electrons. The smallest absolute Gasteiger partial charge is 0.0396 e. The van der Waals surface area contributed by atoms with Gasteiger partial charge in [0.1, 0.15) is 0 Å². The zero-order valence-electron chi connectivity index (χ0n) is 12.0. The second kappa shape index (κ2) is 3.86. The summed E-state index contributed by atoms with van der Waals surface area (Å²) in [7, 11) is 2.18. The molecule has 1 aliphatic heterocycles. The summed E-state index contributed by atoms with van der Waals surface area (Å²) in [6, 6.07) is 0. The van der Waals surface area contributed by atoms with Gasteiger partial charge in [-0.25, -0.2) is 0 Å². The number of allylic oxidation sites excluding steroid dienone is 1. The van der Waals surface area contributed by atoms with Crippen LogP contribution in [0.25, 0.3) is 0 Å². The second-order valence-electron chi connectivity index (χ2n) is 6.23. The standard InChI is InChI=1S/C13H25N.Li/c1-10-9-14(8)13(6,7)12(4,5)11(10,2)3;/h9H,1-8H3;. The molecular weight excluding hydrogens is 177 g/mol. The number of rotatable bonds is 0. The average Bonchev–Trinajstić information content (AvgIpc) is 2.01. The largest absolute Gasteiger partial charge is 0.375 e. The molecule has 15 heavy (non-hydrogen) atoms. The quantitative estimate of drug-likeness (QED) is 0.545. The maximum absolute atomic E-state index is 2.38. The summed E-state index contributed by atoms with van der Waals surface area (Å²) in [5, 5.41) is 0. The first-order chi connectivity index (χ1) is 6.05. The van der Waals surface area contributed by atoms with Crippen molar-refractivity contribution in [1.29, 1.82) is 0 Å². The second-order valence-corrected chi connectivity index (χ2v) is 6.23. The molecule has 0 aliphatic carbocycles. The minimum atomic E-state index is 0. The van der Waals surface area contributed by atoms with Crippen molar-refractivity contribution in [1.82, 2.24) is 4.90 Å². The topological polar surface area (TPSA) is 3.24 Å². The van der Waals surface area contributed by atoms with Crippen LogP contribution in [0.15, 0.2) is 11.8 Å². The summed E-state index contributed by atoms with van der Waals surface area (Å²) in [6.07, 6.45) is 2.30. The summed E-state index contributed by atoms with van der Waals surface area (Å²) in [6.45, 7) is 16.4. The van der Waals surface area contributed by atoms with Crippen molar-refractivity contribution in [3.63, 3.8) is 0 Å². The molecule has 0 bridgehead atoms. The SMILES string of the molecule is CC1=CN(C)C(C)(C)C(C)(C)C1(C)C.[Li]. The molecule has 0 amide bonds. The van der Waals surface area contributed by atoms with Gasteiger partial charge < -0.3 is 4.90 Å². The Hall–Kier alpha value is 0.137. The van der Waals surface area contributed by atoms with E-state index in [2.05, 4.69) is 66.6 Å². The van der Waals surface area contributed by atoms with Crippen LogP contribution in [0.3, 0.4) is 0 Å². The van der Waals surface area contributed by atoms with Crippen LogP contribution in [0.5, 0.6) is 0 Å². The molecule has 0 unspecified atom stereocenters. The Balaban J connectivity index is 0.00000196. The van der Waals surface area contributed by atoms with E-state index in [4.69, 9.17) is 0 Å². The predicted molar refractivity (Wildman–Crippen MR) is 68.9 cm³/mol. The van der Waals surface area contributed by atoms with E-state index in [0.717, 1.165) is 0 Å². The number of nitrogens with zero attached hydrogens (tertiary/aromatic N) is 1. The minimum Gasteiger partial charge on any atom is -0.375 e. The summed E-state index contributed by atoms with van der Waals surface area (Å²) >= 11 is 0. The van der Waals surface area contributed by atoms with Crippen LogP contribution in [-0.4, -0.2) is 36.3 Å². The normalized spacial score (nSPS) is 26.7. The van der Waals surface area contributed by atoms with Gasteiger partial charge in [0.2, 0.25) is 0 Å². The van der Waals surface area contributed by atoms with Crippen LogP contribution in [-0.2, 0) is 0 Å². The molecule has 1 aliphatic rings. The van der Waals surface area contributed by atoms with Crippen molar-refractivity contribution < 1.29 is 0 Å². The molecular formula is C13H25LiN. The van der Waals surface area contributed by atoms with Crippen LogP contribution < -0.4 is 0 Å². The fraction of sp³-hybridized carbons (Fsp3) is 0.846. The third-order valence-corrected chi connectivity index (χ3v) is 5.35. The minimum absolute atomic E-state index is 0. The first-order valence-corrected chi connectivity index (χ1v) is 5.47. The Morgan fingerprint density at radius 3 is 1.80 bits per heavy atom. The molecule has 0 aromatic carbocycles. The van der Waals surface area contributed by atoms with Crippen molar-refractivity contribution in [3.8, 4) is 0 Å². The van der Waals surface area contributed by atoms with E-state index in [9.17, 15) is 0 Å². The van der Waals surface area contributed by atoms with E-state index < -0.39 is 0 Å². The molecule has 1 rings (SSSR count). The van der Waals surface area contributed by atoms with Crippen molar-refractivity contribution in [2.24, 2.45) is 10.8 Å². The molecule has 1 radical (unpaired) electrons. The molecule has 0 atom stereocenters. The van der Waals surface area contributed by atoms with Crippen molar-refractivity contribution >= 4 is 18.9 Å². The summed E-state index contributed by atoms with van der Waals surface area (Å²) < 4.78 is 0. The number of hydrogen-bond acceptors (Lipinski definition) is 1. The van der Waals surface area contributed by atoms with E-state index in [-0.39, 0.29) is 35.2 Å². The van der Waals surface area contributed by atoms with E-state index in [0.29, 0.717) is 0 Å². The monoisotopic (exact) mass is 202 g/mol. The summed E-state index contributed by atoms with van der Waals surface area (Å²) in [5.74, 6) is 0. The van der Waals surface area contributed by atoms with Crippen molar-refractivity contribution in [3.05, 3.63) is 11.8 Å². The first kappa shape index (κ1) is 15.1. The molecule has 1 nitrogen and oxygen atoms in total. The van der Waals surface area contributed by atoms with E-state index in [1.807, 2.05) is 0 Å². The van der Waals surface area contributed by atoms with Gasteiger partial charge in [-0.2, -0.15) is 0 Å². The van der Waals surface area contributed by atoms with E-state index >= 15 is 0 Å². The Kier molecular flexibility index (Phi) is 3.90. The molecule has 0 saturated heterocycles. The van der Waals surface area contributed by atoms with E-state index in [1.165, 1.54) is 5.57 Å². The molecule has 0 saturated carbocycles. The van der Waals surface area contributed by atoms with Gasteiger partial charge in [0.05, 0.1) is 0 Å². The molecule has 0 spiro atoms. The van der Waals surface area contributed by atoms with Crippen molar-refractivity contribution in [2.45, 2.75) is 54.0 Å². The maximum Gasteiger partial charge on any atom is 0.0396 e. The summed E-state index contributed by atoms with van der Waals surface area (Å²) in [5.41, 5.74) is 2.22. The molecule has 0 aromatic heterocycles. The molecule has 0 N–H and O–H groups in total. The van der Waals surface area contributed by atoms with Gasteiger partial charge in [-0.15, -0.1) is 0 Å².